The fraction of sp³-hybridized carbons (Fsp3) is 0.167. The lowest BCUT2D eigenvalue weighted by molar-refractivity contribution is 0.660. The van der Waals surface area contributed by atoms with Gasteiger partial charge in [-0.2, -0.15) is 0 Å². The summed E-state index contributed by atoms with van der Waals surface area (Å²) in [6.45, 7) is 6.73. The molecule has 0 aliphatic heterocycles. The minimum absolute atomic E-state index is 0.102. The quantitative estimate of drug-likeness (QED) is 0.125. The molecule has 0 heterocycles. The second-order valence-electron chi connectivity index (χ2n) is 15.7. The SMILES string of the molecule is CC(=N/C(=C\C(N)c1ccccc1)c1ccc2c(c1)C(C)(C)c1ccccc1-2)c1ccc(-c2ccc(CCCC(c3ccccc3)c3ccccc3)cc2)cc1. The Bertz CT molecular complexity index is 2420. The van der Waals surface area contributed by atoms with Crippen LogP contribution < -0.4 is 5.73 Å². The van der Waals surface area contributed by atoms with Gasteiger partial charge in [-0.3, -0.25) is 4.99 Å². The van der Waals surface area contributed by atoms with Gasteiger partial charge in [-0.25, -0.2) is 0 Å². The maximum atomic E-state index is 6.82. The highest BCUT2D eigenvalue weighted by molar-refractivity contribution is 6.02. The molecular formula is C54H50N2. The smallest absolute Gasteiger partial charge is 0.0684 e. The third kappa shape index (κ3) is 7.85. The van der Waals surface area contributed by atoms with Gasteiger partial charge >= 0.3 is 0 Å². The second-order valence-corrected chi connectivity index (χ2v) is 15.7. The number of fused-ring (bicyclic) bond motifs is 3. The van der Waals surface area contributed by atoms with E-state index in [4.69, 9.17) is 10.7 Å². The minimum Gasteiger partial charge on any atom is -0.321 e. The molecule has 0 aromatic heterocycles. The number of benzene rings is 7. The summed E-state index contributed by atoms with van der Waals surface area (Å²) in [7, 11) is 0. The second kappa shape index (κ2) is 16.3. The molecule has 7 aromatic carbocycles. The molecule has 1 unspecified atom stereocenters. The lowest BCUT2D eigenvalue weighted by Crippen LogP contribution is -2.15. The molecule has 1 atom stereocenters. The average Bonchev–Trinajstić information content (AvgIpc) is 3.48. The molecule has 276 valence electrons. The Morgan fingerprint density at radius 1 is 0.571 bits per heavy atom. The van der Waals surface area contributed by atoms with E-state index >= 15 is 0 Å². The predicted molar refractivity (Wildman–Crippen MR) is 237 cm³/mol. The van der Waals surface area contributed by atoms with E-state index in [1.54, 1.807) is 0 Å². The zero-order chi connectivity index (χ0) is 38.5. The molecule has 1 aliphatic carbocycles. The molecule has 1 aliphatic rings. The molecule has 0 saturated heterocycles. The van der Waals surface area contributed by atoms with Crippen LogP contribution in [-0.2, 0) is 11.8 Å². The van der Waals surface area contributed by atoms with E-state index in [0.717, 1.165) is 47.4 Å². The normalized spacial score (nSPS) is 14.0. The van der Waals surface area contributed by atoms with Crippen LogP contribution in [0.25, 0.3) is 28.0 Å². The maximum Gasteiger partial charge on any atom is 0.0684 e. The topological polar surface area (TPSA) is 38.4 Å². The van der Waals surface area contributed by atoms with Gasteiger partial charge in [0.25, 0.3) is 0 Å². The molecule has 2 nitrogen and oxygen atoms in total. The van der Waals surface area contributed by atoms with E-state index in [9.17, 15) is 0 Å². The van der Waals surface area contributed by atoms with E-state index in [0.29, 0.717) is 5.92 Å². The average molecular weight is 727 g/mol. The van der Waals surface area contributed by atoms with E-state index in [-0.39, 0.29) is 11.5 Å². The van der Waals surface area contributed by atoms with Crippen LogP contribution in [0.15, 0.2) is 193 Å². The standard InChI is InChI=1S/C54H50N2/c1-38(56-53(37-52(55)45-21-11-6-12-22-45)46-34-35-49-48-23-13-14-25-50(48)54(2,3)51(49)36-46)40-30-32-42(33-31-40)41-28-26-39(27-29-41)16-15-24-47(43-17-7-4-8-18-43)44-19-9-5-10-20-44/h4-14,17-23,25-37,47,52H,15-16,24,55H2,1-3H3/b53-37-,56-38?. The first-order chi connectivity index (χ1) is 27.3. The number of aliphatic imine (C=N–C) groups is 1. The van der Waals surface area contributed by atoms with Crippen molar-refractivity contribution in [3.63, 3.8) is 0 Å². The van der Waals surface area contributed by atoms with E-state index in [1.807, 2.05) is 18.2 Å². The van der Waals surface area contributed by atoms with Gasteiger partial charge in [-0.05, 0) is 99.5 Å². The summed E-state index contributed by atoms with van der Waals surface area (Å²) in [4.78, 5) is 5.30. The van der Waals surface area contributed by atoms with Crippen molar-refractivity contribution >= 4 is 11.4 Å². The summed E-state index contributed by atoms with van der Waals surface area (Å²) in [5, 5.41) is 0. The van der Waals surface area contributed by atoms with Gasteiger partial charge in [-0.1, -0.05) is 190 Å². The van der Waals surface area contributed by atoms with Gasteiger partial charge < -0.3 is 5.73 Å². The zero-order valence-corrected chi connectivity index (χ0v) is 32.7. The Morgan fingerprint density at radius 3 is 1.71 bits per heavy atom. The van der Waals surface area contributed by atoms with Crippen LogP contribution in [0.3, 0.4) is 0 Å². The largest absolute Gasteiger partial charge is 0.321 e. The summed E-state index contributed by atoms with van der Waals surface area (Å²) in [5.41, 5.74) is 23.6. The summed E-state index contributed by atoms with van der Waals surface area (Å²) in [6.07, 6.45) is 5.41. The third-order valence-electron chi connectivity index (χ3n) is 11.6. The Hall–Kier alpha value is -6.09. The first-order valence-electron chi connectivity index (χ1n) is 20.0. The molecule has 0 radical (unpaired) electrons. The van der Waals surface area contributed by atoms with Crippen molar-refractivity contribution in [1.29, 1.82) is 0 Å². The molecule has 2 N–H and O–H groups in total. The first kappa shape index (κ1) is 36.9. The van der Waals surface area contributed by atoms with Crippen molar-refractivity contribution in [1.82, 2.24) is 0 Å². The Kier molecular flexibility index (Phi) is 10.8. The van der Waals surface area contributed by atoms with Crippen LogP contribution in [0.5, 0.6) is 0 Å². The summed E-state index contributed by atoms with van der Waals surface area (Å²) >= 11 is 0. The molecule has 0 fully saturated rings. The molecule has 56 heavy (non-hydrogen) atoms. The highest BCUT2D eigenvalue weighted by Crippen LogP contribution is 2.49. The number of nitrogens with zero attached hydrogens (tertiary/aromatic N) is 1. The van der Waals surface area contributed by atoms with Crippen LogP contribution in [0, 0.1) is 0 Å². The Morgan fingerprint density at radius 2 is 1.09 bits per heavy atom. The van der Waals surface area contributed by atoms with Crippen LogP contribution >= 0.6 is 0 Å². The highest BCUT2D eigenvalue weighted by atomic mass is 14.8. The Labute approximate surface area is 333 Å². The lowest BCUT2D eigenvalue weighted by Gasteiger charge is -2.22. The third-order valence-corrected chi connectivity index (χ3v) is 11.6. The molecule has 2 heteroatoms. The van der Waals surface area contributed by atoms with Crippen molar-refractivity contribution in [2.24, 2.45) is 10.7 Å². The molecule has 0 saturated carbocycles. The summed E-state index contributed by atoms with van der Waals surface area (Å²) < 4.78 is 0. The van der Waals surface area contributed by atoms with E-state index in [1.165, 1.54) is 50.1 Å². The van der Waals surface area contributed by atoms with Crippen molar-refractivity contribution in [3.05, 3.63) is 233 Å². The van der Waals surface area contributed by atoms with Crippen molar-refractivity contribution < 1.29 is 0 Å². The van der Waals surface area contributed by atoms with Crippen molar-refractivity contribution in [3.8, 4) is 22.3 Å². The summed E-state index contributed by atoms with van der Waals surface area (Å²) in [5.74, 6) is 0.410. The number of hydrogen-bond acceptors (Lipinski definition) is 2. The van der Waals surface area contributed by atoms with E-state index < -0.39 is 0 Å². The molecule has 8 rings (SSSR count). The number of rotatable bonds is 12. The highest BCUT2D eigenvalue weighted by Gasteiger charge is 2.35. The van der Waals surface area contributed by atoms with Crippen LogP contribution in [0.4, 0.5) is 0 Å². The van der Waals surface area contributed by atoms with Crippen molar-refractivity contribution in [2.75, 3.05) is 0 Å². The van der Waals surface area contributed by atoms with Gasteiger partial charge in [0.1, 0.15) is 0 Å². The maximum absolute atomic E-state index is 6.82. The van der Waals surface area contributed by atoms with Gasteiger partial charge in [0, 0.05) is 22.6 Å². The predicted octanol–water partition coefficient (Wildman–Crippen LogP) is 13.4. The van der Waals surface area contributed by atoms with Crippen LogP contribution in [-0.4, -0.2) is 5.71 Å². The first-order valence-corrected chi connectivity index (χ1v) is 20.0. The number of aryl methyl sites for hydroxylation is 1. The monoisotopic (exact) mass is 726 g/mol. The molecule has 7 aromatic rings. The molecule has 0 spiro atoms. The fourth-order valence-corrected chi connectivity index (χ4v) is 8.42. The number of hydrogen-bond donors (Lipinski definition) is 1. The molecule has 0 bridgehead atoms. The van der Waals surface area contributed by atoms with E-state index in [2.05, 4.69) is 191 Å². The summed E-state index contributed by atoms with van der Waals surface area (Å²) in [6, 6.07) is 65.3. The van der Waals surface area contributed by atoms with Crippen molar-refractivity contribution in [2.45, 2.75) is 57.4 Å². The fourth-order valence-electron chi connectivity index (χ4n) is 8.42. The van der Waals surface area contributed by atoms with Gasteiger partial charge in [0.05, 0.1) is 11.7 Å². The van der Waals surface area contributed by atoms with Crippen LogP contribution in [0.2, 0.25) is 0 Å². The zero-order valence-electron chi connectivity index (χ0n) is 32.7. The van der Waals surface area contributed by atoms with Gasteiger partial charge in [0.15, 0.2) is 0 Å². The minimum atomic E-state index is -0.291. The Balaban J connectivity index is 0.998. The van der Waals surface area contributed by atoms with Gasteiger partial charge in [-0.15, -0.1) is 0 Å². The van der Waals surface area contributed by atoms with Crippen LogP contribution in [0.1, 0.15) is 90.1 Å². The molecular weight excluding hydrogens is 677 g/mol. The lowest BCUT2D eigenvalue weighted by atomic mass is 9.82. The van der Waals surface area contributed by atoms with Gasteiger partial charge in [0.2, 0.25) is 0 Å². The molecule has 0 amide bonds. The number of nitrogens with two attached hydrogens (primary N) is 1.